The maximum absolute atomic E-state index is 6.22. The molecule has 0 aliphatic carbocycles. The first-order valence-corrected chi connectivity index (χ1v) is 10.8. The van der Waals surface area contributed by atoms with Crippen molar-refractivity contribution < 1.29 is 0 Å². The van der Waals surface area contributed by atoms with Crippen LogP contribution in [-0.4, -0.2) is 22.1 Å². The van der Waals surface area contributed by atoms with Crippen LogP contribution in [-0.2, 0) is 12.8 Å². The fourth-order valence-corrected chi connectivity index (χ4v) is 3.75. The van der Waals surface area contributed by atoms with E-state index in [1.807, 2.05) is 0 Å². The highest BCUT2D eigenvalue weighted by atomic mass is 14.9. The van der Waals surface area contributed by atoms with Crippen molar-refractivity contribution in [1.29, 1.82) is 0 Å². The molecule has 152 valence electrons. The number of anilines is 1. The Morgan fingerprint density at radius 2 is 1.82 bits per heavy atom. The minimum Gasteiger partial charge on any atom is -0.383 e. The van der Waals surface area contributed by atoms with Gasteiger partial charge in [0.2, 0.25) is 0 Å². The summed E-state index contributed by atoms with van der Waals surface area (Å²) in [6.07, 6.45) is 8.25. The van der Waals surface area contributed by atoms with Gasteiger partial charge >= 0.3 is 0 Å². The van der Waals surface area contributed by atoms with Crippen LogP contribution in [0.25, 0.3) is 21.8 Å². The molecule has 0 saturated heterocycles. The number of H-pyrrole nitrogens is 1. The summed E-state index contributed by atoms with van der Waals surface area (Å²) >= 11 is 0. The molecule has 0 saturated carbocycles. The molecule has 0 aliphatic heterocycles. The van der Waals surface area contributed by atoms with Crippen LogP contribution in [0.3, 0.4) is 0 Å². The Morgan fingerprint density at radius 3 is 2.57 bits per heavy atom. The third-order valence-electron chi connectivity index (χ3n) is 5.32. The molecule has 0 radical (unpaired) electrons. The molecule has 2 heterocycles. The maximum Gasteiger partial charge on any atom is 0.133 e. The zero-order valence-corrected chi connectivity index (χ0v) is 18.0. The lowest BCUT2D eigenvalue weighted by Gasteiger charge is -2.20. The average Bonchev–Trinajstić information content (AvgIpc) is 3.07. The second-order valence-corrected chi connectivity index (χ2v) is 9.02. The Kier molecular flexibility index (Phi) is 6.61. The summed E-state index contributed by atoms with van der Waals surface area (Å²) in [6.45, 7) is 9.97. The Labute approximate surface area is 169 Å². The second-order valence-electron chi connectivity index (χ2n) is 9.02. The Morgan fingerprint density at radius 1 is 1.00 bits per heavy atom. The predicted molar refractivity (Wildman–Crippen MR) is 122 cm³/mol. The normalized spacial score (nSPS) is 12.3. The standard InChI is InChI=1S/C24H36N4/c1-5-6-11-18-16-20-22(27-18)19-15-17(12-13-21(19)28-23(20)25)10-8-7-9-14-26-24(2,3)4/h12-13,15-16,26-27H,5-11,14H2,1-4H3,(H2,25,28). The van der Waals surface area contributed by atoms with Crippen molar-refractivity contribution in [1.82, 2.24) is 15.3 Å². The summed E-state index contributed by atoms with van der Waals surface area (Å²) in [5.41, 5.74) is 11.2. The van der Waals surface area contributed by atoms with Crippen LogP contribution in [0.1, 0.15) is 71.1 Å². The van der Waals surface area contributed by atoms with Gasteiger partial charge in [-0.25, -0.2) is 4.98 Å². The number of aromatic amines is 1. The molecule has 2 aromatic heterocycles. The number of pyridine rings is 1. The molecular weight excluding hydrogens is 344 g/mol. The van der Waals surface area contributed by atoms with Crippen LogP contribution in [0.4, 0.5) is 5.82 Å². The Hall–Kier alpha value is -2.07. The van der Waals surface area contributed by atoms with Crippen molar-refractivity contribution in [2.75, 3.05) is 12.3 Å². The number of hydrogen-bond donors (Lipinski definition) is 3. The molecule has 0 aliphatic rings. The van der Waals surface area contributed by atoms with Crippen molar-refractivity contribution >= 4 is 27.6 Å². The Balaban J connectivity index is 1.70. The highest BCUT2D eigenvalue weighted by molar-refractivity contribution is 6.08. The summed E-state index contributed by atoms with van der Waals surface area (Å²) in [7, 11) is 0. The zero-order chi connectivity index (χ0) is 20.1. The van der Waals surface area contributed by atoms with Gasteiger partial charge in [0.05, 0.1) is 11.0 Å². The molecule has 0 unspecified atom stereocenters. The van der Waals surface area contributed by atoms with Gasteiger partial charge in [0.25, 0.3) is 0 Å². The minimum atomic E-state index is 0.213. The summed E-state index contributed by atoms with van der Waals surface area (Å²) in [4.78, 5) is 8.24. The molecule has 0 atom stereocenters. The van der Waals surface area contributed by atoms with Gasteiger partial charge < -0.3 is 16.0 Å². The number of hydrogen-bond acceptors (Lipinski definition) is 3. The van der Waals surface area contributed by atoms with Gasteiger partial charge in [0, 0.05) is 22.0 Å². The molecule has 0 amide bonds. The summed E-state index contributed by atoms with van der Waals surface area (Å²) in [5, 5.41) is 5.82. The molecule has 4 nitrogen and oxygen atoms in total. The van der Waals surface area contributed by atoms with Crippen molar-refractivity contribution in [2.24, 2.45) is 0 Å². The first kappa shape index (κ1) is 20.7. The Bertz CT molecular complexity index is 918. The molecule has 0 spiro atoms. The highest BCUT2D eigenvalue weighted by Gasteiger charge is 2.11. The molecule has 28 heavy (non-hydrogen) atoms. The van der Waals surface area contributed by atoms with Crippen LogP contribution >= 0.6 is 0 Å². The summed E-state index contributed by atoms with van der Waals surface area (Å²) in [5.74, 6) is 0.626. The second kappa shape index (κ2) is 8.95. The number of fused-ring (bicyclic) bond motifs is 3. The number of nitrogen functional groups attached to an aromatic ring is 1. The van der Waals surface area contributed by atoms with Crippen molar-refractivity contribution in [3.8, 4) is 0 Å². The lowest BCUT2D eigenvalue weighted by molar-refractivity contribution is 0.417. The zero-order valence-electron chi connectivity index (χ0n) is 18.0. The molecule has 1 aromatic carbocycles. The third kappa shape index (κ3) is 5.26. The van der Waals surface area contributed by atoms with Gasteiger partial charge in [-0.15, -0.1) is 0 Å². The van der Waals surface area contributed by atoms with Gasteiger partial charge in [-0.3, -0.25) is 0 Å². The first-order valence-electron chi connectivity index (χ1n) is 10.8. The molecule has 0 bridgehead atoms. The molecule has 0 fully saturated rings. The lowest BCUT2D eigenvalue weighted by Crippen LogP contribution is -2.36. The van der Waals surface area contributed by atoms with Crippen molar-refractivity contribution in [3.63, 3.8) is 0 Å². The van der Waals surface area contributed by atoms with Crippen LogP contribution in [0, 0.1) is 0 Å². The smallest absolute Gasteiger partial charge is 0.133 e. The highest BCUT2D eigenvalue weighted by Crippen LogP contribution is 2.29. The number of unbranched alkanes of at least 4 members (excludes halogenated alkanes) is 3. The van der Waals surface area contributed by atoms with Crippen molar-refractivity contribution in [2.45, 2.75) is 78.2 Å². The molecular formula is C24H36N4. The molecule has 3 aromatic rings. The molecule has 4 heteroatoms. The topological polar surface area (TPSA) is 66.7 Å². The van der Waals surface area contributed by atoms with E-state index in [2.05, 4.69) is 67.2 Å². The summed E-state index contributed by atoms with van der Waals surface area (Å²) < 4.78 is 0. The van der Waals surface area contributed by atoms with Crippen LogP contribution in [0.15, 0.2) is 24.3 Å². The van der Waals surface area contributed by atoms with E-state index >= 15 is 0 Å². The third-order valence-corrected chi connectivity index (χ3v) is 5.32. The number of nitrogens with two attached hydrogens (primary N) is 1. The fraction of sp³-hybridized carbons (Fsp3) is 0.542. The number of rotatable bonds is 9. The van der Waals surface area contributed by atoms with E-state index in [-0.39, 0.29) is 5.54 Å². The van der Waals surface area contributed by atoms with E-state index in [9.17, 15) is 0 Å². The SMILES string of the molecule is CCCCc1cc2c(N)nc3ccc(CCCCCNC(C)(C)C)cc3c2[nH]1. The van der Waals surface area contributed by atoms with Crippen LogP contribution in [0.2, 0.25) is 0 Å². The van der Waals surface area contributed by atoms with E-state index < -0.39 is 0 Å². The summed E-state index contributed by atoms with van der Waals surface area (Å²) in [6, 6.07) is 8.81. The molecule has 4 N–H and O–H groups in total. The number of aromatic nitrogens is 2. The lowest BCUT2D eigenvalue weighted by atomic mass is 10.0. The number of nitrogens with zero attached hydrogens (tertiary/aromatic N) is 1. The number of benzene rings is 1. The predicted octanol–water partition coefficient (Wildman–Crippen LogP) is 5.74. The number of nitrogens with one attached hydrogen (secondary N) is 2. The van der Waals surface area contributed by atoms with Gasteiger partial charge in [-0.1, -0.05) is 25.8 Å². The molecule has 3 rings (SSSR count). The average molecular weight is 381 g/mol. The first-order chi connectivity index (χ1) is 13.4. The van der Waals surface area contributed by atoms with Crippen molar-refractivity contribution in [3.05, 3.63) is 35.5 Å². The van der Waals surface area contributed by atoms with Crippen LogP contribution < -0.4 is 11.1 Å². The van der Waals surface area contributed by atoms with E-state index in [0.717, 1.165) is 35.8 Å². The van der Waals surface area contributed by atoms with E-state index in [1.54, 1.807) is 0 Å². The monoisotopic (exact) mass is 380 g/mol. The van der Waals surface area contributed by atoms with E-state index in [0.29, 0.717) is 5.82 Å². The van der Waals surface area contributed by atoms with Gasteiger partial charge in [0.1, 0.15) is 5.82 Å². The maximum atomic E-state index is 6.22. The quantitative estimate of drug-likeness (QED) is 0.415. The minimum absolute atomic E-state index is 0.213. The largest absolute Gasteiger partial charge is 0.383 e. The fourth-order valence-electron chi connectivity index (χ4n) is 3.75. The van der Waals surface area contributed by atoms with Gasteiger partial charge in [0.15, 0.2) is 0 Å². The van der Waals surface area contributed by atoms with E-state index in [4.69, 9.17) is 5.73 Å². The van der Waals surface area contributed by atoms with Crippen LogP contribution in [0.5, 0.6) is 0 Å². The van der Waals surface area contributed by atoms with E-state index in [1.165, 1.54) is 48.7 Å². The van der Waals surface area contributed by atoms with Gasteiger partial charge in [-0.05, 0) is 83.2 Å². The number of aryl methyl sites for hydroxylation is 2. The van der Waals surface area contributed by atoms with Gasteiger partial charge in [-0.2, -0.15) is 0 Å².